The number of aryl methyl sites for hydroxylation is 1. The van der Waals surface area contributed by atoms with E-state index in [-0.39, 0.29) is 5.60 Å². The first-order valence-electron chi connectivity index (χ1n) is 9.36. The lowest BCUT2D eigenvalue weighted by molar-refractivity contribution is 0.320. The number of hydrogen-bond acceptors (Lipinski definition) is 3. The highest BCUT2D eigenvalue weighted by atomic mass is 16.6. The molecule has 1 aliphatic heterocycles. The topological polar surface area (TPSA) is 31.0 Å². The maximum absolute atomic E-state index is 5.66. The third kappa shape index (κ3) is 5.24. The van der Waals surface area contributed by atoms with E-state index >= 15 is 0 Å². The fourth-order valence-electron chi connectivity index (χ4n) is 3.31. The summed E-state index contributed by atoms with van der Waals surface area (Å²) in [6.45, 7) is 10.9. The van der Waals surface area contributed by atoms with E-state index in [1.165, 1.54) is 16.7 Å². The van der Waals surface area contributed by atoms with Gasteiger partial charge in [0.25, 0.3) is 0 Å². The maximum Gasteiger partial charge on any atom is 0.164 e. The van der Waals surface area contributed by atoms with Crippen molar-refractivity contribution < 1.29 is 14.2 Å². The largest absolute Gasteiger partial charge is 0.493 e. The normalized spacial score (nSPS) is 19.2. The van der Waals surface area contributed by atoms with Crippen molar-refractivity contribution in [3.05, 3.63) is 34.9 Å². The molecule has 1 heterocycles. The Morgan fingerprint density at radius 2 is 1.92 bits per heavy atom. The zero-order valence-corrected chi connectivity index (χ0v) is 16.9. The second kappa shape index (κ2) is 8.27. The van der Waals surface area contributed by atoms with Gasteiger partial charge in [0, 0.05) is 5.56 Å². The fraction of sp³-hybridized carbons (Fsp3) is 0.636. The van der Waals surface area contributed by atoms with Gasteiger partial charge in [0.2, 0.25) is 0 Å². The van der Waals surface area contributed by atoms with Crippen molar-refractivity contribution in [2.75, 3.05) is 14.2 Å². The first-order chi connectivity index (χ1) is 11.8. The quantitative estimate of drug-likeness (QED) is 0.427. The summed E-state index contributed by atoms with van der Waals surface area (Å²) < 4.78 is 16.7. The Kier molecular flexibility index (Phi) is 6.56. The van der Waals surface area contributed by atoms with Gasteiger partial charge in [-0.05, 0) is 64.0 Å². The van der Waals surface area contributed by atoms with E-state index in [4.69, 9.17) is 14.2 Å². The zero-order valence-electron chi connectivity index (χ0n) is 16.9. The van der Waals surface area contributed by atoms with Crippen LogP contribution in [-0.2, 0) is 11.2 Å². The fourth-order valence-corrected chi connectivity index (χ4v) is 3.31. The molecule has 0 saturated carbocycles. The molecule has 0 bridgehead atoms. The molecule has 1 aromatic rings. The standard InChI is InChI=1S/C22H34O3/c1-15(2)18-13-17(14-19(23-6)21(18)24-7)10-8-9-16(3)11-12-20-22(4,5)25-20/h9,13-15,20H,8,10-12H2,1-7H3/b16-9+/t20-/m0/s1. The molecule has 1 aliphatic rings. The first kappa shape index (κ1) is 19.8. The van der Waals surface area contributed by atoms with Crippen LogP contribution in [0.25, 0.3) is 0 Å². The Hall–Kier alpha value is -1.48. The molecule has 0 N–H and O–H groups in total. The van der Waals surface area contributed by atoms with Crippen LogP contribution in [-0.4, -0.2) is 25.9 Å². The van der Waals surface area contributed by atoms with E-state index in [0.717, 1.165) is 37.2 Å². The summed E-state index contributed by atoms with van der Waals surface area (Å²) in [5.74, 6) is 2.10. The zero-order chi connectivity index (χ0) is 18.6. The number of hydrogen-bond donors (Lipinski definition) is 0. The Balaban J connectivity index is 1.95. The van der Waals surface area contributed by atoms with Crippen molar-refractivity contribution >= 4 is 0 Å². The lowest BCUT2D eigenvalue weighted by Crippen LogP contribution is -2.02. The van der Waals surface area contributed by atoms with E-state index < -0.39 is 0 Å². The average Bonchev–Trinajstić information content (AvgIpc) is 3.18. The third-order valence-electron chi connectivity index (χ3n) is 5.08. The summed E-state index contributed by atoms with van der Waals surface area (Å²) in [7, 11) is 3.41. The van der Waals surface area contributed by atoms with Crippen LogP contribution < -0.4 is 9.47 Å². The monoisotopic (exact) mass is 346 g/mol. The molecule has 3 nitrogen and oxygen atoms in total. The summed E-state index contributed by atoms with van der Waals surface area (Å²) in [6, 6.07) is 4.37. The lowest BCUT2D eigenvalue weighted by atomic mass is 9.96. The van der Waals surface area contributed by atoms with Crippen LogP contribution in [0.4, 0.5) is 0 Å². The Morgan fingerprint density at radius 1 is 1.24 bits per heavy atom. The molecule has 140 valence electrons. The summed E-state index contributed by atoms with van der Waals surface area (Å²) >= 11 is 0. The molecule has 1 aromatic carbocycles. The highest BCUT2D eigenvalue weighted by molar-refractivity contribution is 5.51. The maximum atomic E-state index is 5.66. The van der Waals surface area contributed by atoms with E-state index in [1.807, 2.05) is 0 Å². The van der Waals surface area contributed by atoms with Crippen molar-refractivity contribution in [3.63, 3.8) is 0 Å². The van der Waals surface area contributed by atoms with E-state index in [2.05, 4.69) is 52.8 Å². The SMILES string of the molecule is COc1cc(CC/C=C(\C)CC[C@@H]2OC2(C)C)cc(C(C)C)c1OC. The van der Waals surface area contributed by atoms with Crippen molar-refractivity contribution in [3.8, 4) is 11.5 Å². The highest BCUT2D eigenvalue weighted by Crippen LogP contribution is 2.39. The van der Waals surface area contributed by atoms with Gasteiger partial charge in [-0.25, -0.2) is 0 Å². The summed E-state index contributed by atoms with van der Waals surface area (Å²) in [4.78, 5) is 0. The lowest BCUT2D eigenvalue weighted by Gasteiger charge is -2.17. The van der Waals surface area contributed by atoms with Crippen LogP contribution >= 0.6 is 0 Å². The van der Waals surface area contributed by atoms with Crippen molar-refractivity contribution in [1.82, 2.24) is 0 Å². The minimum atomic E-state index is 0.104. The number of allylic oxidation sites excluding steroid dienone is 2. The molecular formula is C22H34O3. The van der Waals surface area contributed by atoms with Gasteiger partial charge in [0.05, 0.1) is 25.9 Å². The third-order valence-corrected chi connectivity index (χ3v) is 5.08. The van der Waals surface area contributed by atoms with Crippen LogP contribution in [0, 0.1) is 0 Å². The second-order valence-electron chi connectivity index (χ2n) is 7.91. The summed E-state index contributed by atoms with van der Waals surface area (Å²) in [6.07, 6.45) is 7.12. The van der Waals surface area contributed by atoms with Gasteiger partial charge in [-0.2, -0.15) is 0 Å². The molecule has 2 rings (SSSR count). The molecule has 0 aromatic heterocycles. The van der Waals surface area contributed by atoms with Gasteiger partial charge in [0.15, 0.2) is 11.5 Å². The molecule has 0 amide bonds. The van der Waals surface area contributed by atoms with Gasteiger partial charge in [-0.3, -0.25) is 0 Å². The van der Waals surface area contributed by atoms with Crippen LogP contribution in [0.3, 0.4) is 0 Å². The second-order valence-corrected chi connectivity index (χ2v) is 7.91. The number of ether oxygens (including phenoxy) is 3. The van der Waals surface area contributed by atoms with Crippen LogP contribution in [0.1, 0.15) is 70.9 Å². The first-order valence-corrected chi connectivity index (χ1v) is 9.36. The van der Waals surface area contributed by atoms with Crippen molar-refractivity contribution in [2.45, 2.75) is 77.9 Å². The highest BCUT2D eigenvalue weighted by Gasteiger charge is 2.46. The number of rotatable bonds is 9. The average molecular weight is 347 g/mol. The minimum absolute atomic E-state index is 0.104. The smallest absolute Gasteiger partial charge is 0.164 e. The molecule has 0 spiro atoms. The Bertz CT molecular complexity index is 614. The molecule has 25 heavy (non-hydrogen) atoms. The van der Waals surface area contributed by atoms with Crippen molar-refractivity contribution in [1.29, 1.82) is 0 Å². The van der Waals surface area contributed by atoms with E-state index in [0.29, 0.717) is 12.0 Å². The van der Waals surface area contributed by atoms with Crippen molar-refractivity contribution in [2.24, 2.45) is 0 Å². The molecule has 3 heteroatoms. The van der Waals surface area contributed by atoms with Gasteiger partial charge in [-0.1, -0.05) is 31.6 Å². The predicted octanol–water partition coefficient (Wildman–Crippen LogP) is 5.66. The molecule has 0 unspecified atom stereocenters. The summed E-state index contributed by atoms with van der Waals surface area (Å²) in [5.41, 5.74) is 4.08. The van der Waals surface area contributed by atoms with Gasteiger partial charge in [-0.15, -0.1) is 0 Å². The Morgan fingerprint density at radius 3 is 2.44 bits per heavy atom. The molecule has 1 saturated heterocycles. The van der Waals surface area contributed by atoms with E-state index in [9.17, 15) is 0 Å². The summed E-state index contributed by atoms with van der Waals surface area (Å²) in [5, 5.41) is 0. The van der Waals surface area contributed by atoms with Crippen LogP contribution in [0.5, 0.6) is 11.5 Å². The van der Waals surface area contributed by atoms with E-state index in [1.54, 1.807) is 14.2 Å². The molecular weight excluding hydrogens is 312 g/mol. The Labute approximate surface area is 153 Å². The molecule has 1 atom stereocenters. The minimum Gasteiger partial charge on any atom is -0.493 e. The number of benzene rings is 1. The number of epoxide rings is 1. The predicted molar refractivity (Wildman–Crippen MR) is 104 cm³/mol. The molecule has 0 radical (unpaired) electrons. The van der Waals surface area contributed by atoms with Gasteiger partial charge in [0.1, 0.15) is 0 Å². The van der Waals surface area contributed by atoms with Gasteiger partial charge >= 0.3 is 0 Å². The molecule has 1 fully saturated rings. The molecule has 0 aliphatic carbocycles. The van der Waals surface area contributed by atoms with Crippen LogP contribution in [0.2, 0.25) is 0 Å². The van der Waals surface area contributed by atoms with Gasteiger partial charge < -0.3 is 14.2 Å². The van der Waals surface area contributed by atoms with Crippen LogP contribution in [0.15, 0.2) is 23.8 Å². The number of methoxy groups -OCH3 is 2.